The third kappa shape index (κ3) is 3.57. The number of thiophene rings is 1. The van der Waals surface area contributed by atoms with Crippen LogP contribution in [-0.2, 0) is 24.1 Å². The van der Waals surface area contributed by atoms with Gasteiger partial charge in [0, 0.05) is 34.9 Å². The van der Waals surface area contributed by atoms with Crippen molar-refractivity contribution >= 4 is 11.3 Å². The highest BCUT2D eigenvalue weighted by Crippen LogP contribution is 2.30. The van der Waals surface area contributed by atoms with E-state index in [0.29, 0.717) is 12.1 Å². The van der Waals surface area contributed by atoms with Crippen molar-refractivity contribution in [2.75, 3.05) is 19.8 Å². The van der Waals surface area contributed by atoms with Crippen LogP contribution in [-0.4, -0.2) is 31.8 Å². The molecule has 0 saturated carbocycles. The second-order valence-corrected chi connectivity index (χ2v) is 6.98. The lowest BCUT2D eigenvalue weighted by Crippen LogP contribution is -2.44. The number of fused-ring (bicyclic) bond motifs is 1. The smallest absolute Gasteiger partial charge is 0.0620 e. The van der Waals surface area contributed by atoms with Gasteiger partial charge >= 0.3 is 0 Å². The first-order valence-corrected chi connectivity index (χ1v) is 8.28. The zero-order valence-electron chi connectivity index (χ0n) is 11.7. The molecule has 0 radical (unpaired) electrons. The summed E-state index contributed by atoms with van der Waals surface area (Å²) in [6.45, 7) is 6.01. The van der Waals surface area contributed by atoms with Gasteiger partial charge in [0.2, 0.25) is 0 Å². The van der Waals surface area contributed by atoms with Crippen LogP contribution in [0.2, 0.25) is 0 Å². The van der Waals surface area contributed by atoms with Crippen molar-refractivity contribution < 1.29 is 4.74 Å². The molecule has 4 heteroatoms. The number of rotatable bonds is 5. The van der Waals surface area contributed by atoms with Crippen LogP contribution >= 0.6 is 11.3 Å². The normalized spacial score (nSPS) is 24.4. The summed E-state index contributed by atoms with van der Waals surface area (Å²) >= 11 is 2.01. The molecule has 0 aromatic carbocycles. The third-order valence-electron chi connectivity index (χ3n) is 4.06. The number of morpholine rings is 1. The second-order valence-electron chi connectivity index (χ2n) is 5.76. The van der Waals surface area contributed by atoms with Gasteiger partial charge in [-0.3, -0.25) is 0 Å². The predicted octanol–water partition coefficient (Wildman–Crippen LogP) is 2.09. The molecule has 2 N–H and O–H groups in total. The van der Waals surface area contributed by atoms with Gasteiger partial charge < -0.3 is 15.4 Å². The Morgan fingerprint density at radius 1 is 1.53 bits per heavy atom. The van der Waals surface area contributed by atoms with Crippen molar-refractivity contribution in [3.63, 3.8) is 0 Å². The van der Waals surface area contributed by atoms with Gasteiger partial charge in [-0.05, 0) is 44.2 Å². The first kappa shape index (κ1) is 13.6. The number of hydrogen-bond acceptors (Lipinski definition) is 4. The van der Waals surface area contributed by atoms with Gasteiger partial charge in [0.25, 0.3) is 0 Å². The van der Waals surface area contributed by atoms with Gasteiger partial charge in [-0.15, -0.1) is 11.3 Å². The third-order valence-corrected chi connectivity index (χ3v) is 5.30. The highest BCUT2D eigenvalue weighted by Gasteiger charge is 2.17. The van der Waals surface area contributed by atoms with Gasteiger partial charge in [0.15, 0.2) is 0 Å². The molecule has 3 rings (SSSR count). The molecular weight excluding hydrogens is 256 g/mol. The zero-order chi connectivity index (χ0) is 13.1. The summed E-state index contributed by atoms with van der Waals surface area (Å²) < 4.78 is 5.50. The Hall–Kier alpha value is -0.420. The topological polar surface area (TPSA) is 33.3 Å². The summed E-state index contributed by atoms with van der Waals surface area (Å²) in [4.78, 5) is 3.14. The largest absolute Gasteiger partial charge is 0.379 e. The van der Waals surface area contributed by atoms with E-state index in [1.54, 1.807) is 10.4 Å². The minimum absolute atomic E-state index is 0.518. The van der Waals surface area contributed by atoms with Crippen LogP contribution in [0.5, 0.6) is 0 Å². The highest BCUT2D eigenvalue weighted by molar-refractivity contribution is 7.12. The number of aryl methyl sites for hydroxylation is 2. The molecule has 0 bridgehead atoms. The highest BCUT2D eigenvalue weighted by atomic mass is 32.1. The van der Waals surface area contributed by atoms with E-state index in [9.17, 15) is 0 Å². The van der Waals surface area contributed by atoms with Crippen molar-refractivity contribution in [1.82, 2.24) is 10.6 Å². The molecule has 1 saturated heterocycles. The van der Waals surface area contributed by atoms with Crippen LogP contribution < -0.4 is 10.6 Å². The fraction of sp³-hybridized carbons (Fsp3) is 0.733. The Morgan fingerprint density at radius 3 is 3.26 bits per heavy atom. The summed E-state index contributed by atoms with van der Waals surface area (Å²) in [5.41, 5.74) is 1.61. The minimum Gasteiger partial charge on any atom is -0.379 e. The lowest BCUT2D eigenvalue weighted by molar-refractivity contribution is 0.0712. The zero-order valence-corrected chi connectivity index (χ0v) is 12.5. The summed E-state index contributed by atoms with van der Waals surface area (Å²) in [5, 5.41) is 7.17. The monoisotopic (exact) mass is 280 g/mol. The molecule has 2 unspecified atom stereocenters. The van der Waals surface area contributed by atoms with Crippen LogP contribution in [0.3, 0.4) is 0 Å². The Morgan fingerprint density at radius 2 is 2.47 bits per heavy atom. The first-order valence-electron chi connectivity index (χ1n) is 7.46. The Bertz CT molecular complexity index is 391. The quantitative estimate of drug-likeness (QED) is 0.866. The molecule has 19 heavy (non-hydrogen) atoms. The number of hydrogen-bond donors (Lipinski definition) is 2. The summed E-state index contributed by atoms with van der Waals surface area (Å²) in [7, 11) is 0. The van der Waals surface area contributed by atoms with Crippen LogP contribution in [0.4, 0.5) is 0 Å². The van der Waals surface area contributed by atoms with Gasteiger partial charge in [-0.1, -0.05) is 0 Å². The van der Waals surface area contributed by atoms with Crippen LogP contribution in [0.25, 0.3) is 0 Å². The van der Waals surface area contributed by atoms with Gasteiger partial charge in [-0.25, -0.2) is 0 Å². The van der Waals surface area contributed by atoms with Gasteiger partial charge in [-0.2, -0.15) is 0 Å². The summed E-state index contributed by atoms with van der Waals surface area (Å²) in [6.07, 6.45) is 5.10. The summed E-state index contributed by atoms with van der Waals surface area (Å²) in [5.74, 6) is 0. The first-order chi connectivity index (χ1) is 9.31. The molecular formula is C15H24N2OS. The lowest BCUT2D eigenvalue weighted by Gasteiger charge is -2.26. The molecule has 1 aliphatic carbocycles. The lowest BCUT2D eigenvalue weighted by atomic mass is 10.1. The average molecular weight is 280 g/mol. The fourth-order valence-electron chi connectivity index (χ4n) is 3.03. The maximum Gasteiger partial charge on any atom is 0.0620 e. The van der Waals surface area contributed by atoms with E-state index in [2.05, 4.69) is 23.6 Å². The van der Waals surface area contributed by atoms with E-state index >= 15 is 0 Å². The van der Waals surface area contributed by atoms with Crippen molar-refractivity contribution in [1.29, 1.82) is 0 Å². The molecule has 1 aliphatic heterocycles. The molecule has 1 aromatic rings. The average Bonchev–Trinajstić information content (AvgIpc) is 2.98. The van der Waals surface area contributed by atoms with Crippen LogP contribution in [0, 0.1) is 0 Å². The van der Waals surface area contributed by atoms with Crippen molar-refractivity contribution in [3.05, 3.63) is 21.4 Å². The molecule has 0 spiro atoms. The minimum atomic E-state index is 0.518. The fourth-order valence-corrected chi connectivity index (χ4v) is 4.25. The molecule has 1 fully saturated rings. The molecule has 106 valence electrons. The van der Waals surface area contributed by atoms with E-state index < -0.39 is 0 Å². The molecule has 2 atom stereocenters. The maximum absolute atomic E-state index is 5.50. The van der Waals surface area contributed by atoms with Gasteiger partial charge in [0.1, 0.15) is 0 Å². The Kier molecular flexibility index (Phi) is 4.53. The molecule has 0 amide bonds. The van der Waals surface area contributed by atoms with Crippen LogP contribution in [0.1, 0.15) is 35.1 Å². The number of ether oxygens (including phenoxy) is 1. The molecule has 1 aromatic heterocycles. The Balaban J connectivity index is 1.43. The Labute approximate surface area is 119 Å². The maximum atomic E-state index is 5.50. The van der Waals surface area contributed by atoms with Crippen molar-refractivity contribution in [2.24, 2.45) is 0 Å². The molecule has 2 aliphatic rings. The molecule has 3 nitrogen and oxygen atoms in total. The van der Waals surface area contributed by atoms with Crippen LogP contribution in [0.15, 0.2) is 6.07 Å². The standard InChI is InChI=1S/C15H24N2OS/c1-11(7-13-10-18-6-5-16-13)17-9-14-8-12-3-2-4-15(12)19-14/h8,11,13,16-17H,2-7,9-10H2,1H3. The van der Waals surface area contributed by atoms with E-state index in [4.69, 9.17) is 4.74 Å². The predicted molar refractivity (Wildman–Crippen MR) is 79.9 cm³/mol. The number of nitrogens with one attached hydrogen (secondary N) is 2. The van der Waals surface area contributed by atoms with Crippen molar-refractivity contribution in [3.8, 4) is 0 Å². The van der Waals surface area contributed by atoms with E-state index in [0.717, 1.165) is 32.7 Å². The summed E-state index contributed by atoms with van der Waals surface area (Å²) in [6, 6.07) is 3.47. The second kappa shape index (κ2) is 6.35. The van der Waals surface area contributed by atoms with Gasteiger partial charge in [0.05, 0.1) is 13.2 Å². The van der Waals surface area contributed by atoms with E-state index in [1.807, 2.05) is 11.3 Å². The van der Waals surface area contributed by atoms with E-state index in [-0.39, 0.29) is 0 Å². The van der Waals surface area contributed by atoms with E-state index in [1.165, 1.54) is 24.1 Å². The van der Waals surface area contributed by atoms with Crippen molar-refractivity contribution in [2.45, 2.75) is 51.2 Å². The SMILES string of the molecule is CC(CC1COCCN1)NCc1cc2c(s1)CCC2. The molecule has 2 heterocycles.